The molecule has 0 unspecified atom stereocenters. The van der Waals surface area contributed by atoms with Crippen LogP contribution in [0.4, 0.5) is 5.13 Å². The van der Waals surface area contributed by atoms with Crippen LogP contribution in [-0.2, 0) is 0 Å². The summed E-state index contributed by atoms with van der Waals surface area (Å²) >= 11 is 4.66. The first-order valence-corrected chi connectivity index (χ1v) is 6.12. The summed E-state index contributed by atoms with van der Waals surface area (Å²) < 4.78 is 0.528. The summed E-state index contributed by atoms with van der Waals surface area (Å²) in [5.41, 5.74) is 0.496. The number of hydrogen-bond acceptors (Lipinski definition) is 4. The van der Waals surface area contributed by atoms with E-state index in [1.165, 1.54) is 11.3 Å². The average Bonchev–Trinajstić information content (AvgIpc) is 2.64. The first-order valence-electron chi connectivity index (χ1n) is 4.51. The number of carbonyl (C=O) groups is 1. The standard InChI is InChI=1S/C10H8BrN3OS/c1-6-5-13-10(16-6)14-9(15)7-3-2-4-12-8(7)11/h2-5H,1H3,(H,13,14,15). The highest BCUT2D eigenvalue weighted by Crippen LogP contribution is 2.19. The van der Waals surface area contributed by atoms with Crippen molar-refractivity contribution in [3.05, 3.63) is 39.6 Å². The van der Waals surface area contributed by atoms with Gasteiger partial charge >= 0.3 is 0 Å². The third kappa shape index (κ3) is 2.45. The number of aryl methyl sites for hydroxylation is 1. The molecule has 4 nitrogen and oxygen atoms in total. The third-order valence-electron chi connectivity index (χ3n) is 1.85. The summed E-state index contributed by atoms with van der Waals surface area (Å²) in [6.07, 6.45) is 3.34. The van der Waals surface area contributed by atoms with Crippen LogP contribution in [0.15, 0.2) is 29.1 Å². The van der Waals surface area contributed by atoms with Gasteiger partial charge in [-0.05, 0) is 35.0 Å². The van der Waals surface area contributed by atoms with Crippen LogP contribution in [0.2, 0.25) is 0 Å². The predicted octanol–water partition coefficient (Wildman–Crippen LogP) is 2.86. The molecule has 1 N–H and O–H groups in total. The minimum Gasteiger partial charge on any atom is -0.298 e. The van der Waals surface area contributed by atoms with Crippen molar-refractivity contribution in [1.29, 1.82) is 0 Å². The molecule has 0 aromatic carbocycles. The van der Waals surface area contributed by atoms with Crippen molar-refractivity contribution in [2.45, 2.75) is 6.92 Å². The highest BCUT2D eigenvalue weighted by molar-refractivity contribution is 9.10. The number of carbonyl (C=O) groups excluding carboxylic acids is 1. The Balaban J connectivity index is 2.18. The second-order valence-electron chi connectivity index (χ2n) is 3.07. The van der Waals surface area contributed by atoms with E-state index in [1.54, 1.807) is 24.5 Å². The van der Waals surface area contributed by atoms with Crippen molar-refractivity contribution in [1.82, 2.24) is 9.97 Å². The van der Waals surface area contributed by atoms with Crippen molar-refractivity contribution in [2.75, 3.05) is 5.32 Å². The number of nitrogens with one attached hydrogen (secondary N) is 1. The number of amides is 1. The van der Waals surface area contributed by atoms with Gasteiger partial charge in [0.2, 0.25) is 0 Å². The van der Waals surface area contributed by atoms with Crippen LogP contribution in [0.5, 0.6) is 0 Å². The molecule has 1 amide bonds. The van der Waals surface area contributed by atoms with Gasteiger partial charge in [0.05, 0.1) is 5.56 Å². The second kappa shape index (κ2) is 4.71. The fourth-order valence-corrected chi connectivity index (χ4v) is 2.22. The Labute approximate surface area is 105 Å². The number of anilines is 1. The van der Waals surface area contributed by atoms with E-state index in [-0.39, 0.29) is 5.91 Å². The Morgan fingerprint density at radius 3 is 2.94 bits per heavy atom. The minimum absolute atomic E-state index is 0.214. The van der Waals surface area contributed by atoms with E-state index in [1.807, 2.05) is 6.92 Å². The molecule has 6 heteroatoms. The summed E-state index contributed by atoms with van der Waals surface area (Å²) in [7, 11) is 0. The number of halogens is 1. The van der Waals surface area contributed by atoms with E-state index >= 15 is 0 Å². The monoisotopic (exact) mass is 297 g/mol. The van der Waals surface area contributed by atoms with Crippen molar-refractivity contribution < 1.29 is 4.79 Å². The second-order valence-corrected chi connectivity index (χ2v) is 5.06. The quantitative estimate of drug-likeness (QED) is 0.867. The topological polar surface area (TPSA) is 54.9 Å². The molecule has 2 heterocycles. The number of hydrogen-bond donors (Lipinski definition) is 1. The molecule has 2 aromatic heterocycles. The van der Waals surface area contributed by atoms with Crippen LogP contribution in [0, 0.1) is 6.92 Å². The Morgan fingerprint density at radius 2 is 2.31 bits per heavy atom. The molecule has 16 heavy (non-hydrogen) atoms. The molecule has 2 aromatic rings. The maximum atomic E-state index is 11.8. The number of nitrogens with zero attached hydrogens (tertiary/aromatic N) is 2. The van der Waals surface area contributed by atoms with Gasteiger partial charge in [0.15, 0.2) is 5.13 Å². The van der Waals surface area contributed by atoms with Gasteiger partial charge in [0.1, 0.15) is 4.60 Å². The maximum Gasteiger partial charge on any atom is 0.260 e. The van der Waals surface area contributed by atoms with E-state index in [4.69, 9.17) is 0 Å². The first kappa shape index (κ1) is 11.2. The lowest BCUT2D eigenvalue weighted by Crippen LogP contribution is -2.12. The fraction of sp³-hybridized carbons (Fsp3) is 0.100. The van der Waals surface area contributed by atoms with Crippen LogP contribution in [0.1, 0.15) is 15.2 Å². The lowest BCUT2D eigenvalue weighted by atomic mass is 10.3. The van der Waals surface area contributed by atoms with Crippen molar-refractivity contribution in [3.63, 3.8) is 0 Å². The van der Waals surface area contributed by atoms with Gasteiger partial charge in [-0.2, -0.15) is 0 Å². The molecule has 82 valence electrons. The van der Waals surface area contributed by atoms with E-state index in [0.717, 1.165) is 4.88 Å². The first-order chi connectivity index (χ1) is 7.66. The van der Waals surface area contributed by atoms with Gasteiger partial charge in [0.25, 0.3) is 5.91 Å². The summed E-state index contributed by atoms with van der Waals surface area (Å²) in [5.74, 6) is -0.214. The average molecular weight is 298 g/mol. The number of thiazole rings is 1. The van der Waals surface area contributed by atoms with Gasteiger partial charge in [0, 0.05) is 17.3 Å². The lowest BCUT2D eigenvalue weighted by molar-refractivity contribution is 0.102. The Kier molecular flexibility index (Phi) is 3.31. The van der Waals surface area contributed by atoms with Crippen LogP contribution in [0.25, 0.3) is 0 Å². The Bertz CT molecular complexity index is 526. The lowest BCUT2D eigenvalue weighted by Gasteiger charge is -2.02. The number of rotatable bonds is 2. The normalized spacial score (nSPS) is 10.1. The van der Waals surface area contributed by atoms with E-state index in [9.17, 15) is 4.79 Å². The molecule has 0 aliphatic rings. The molecule has 0 spiro atoms. The van der Waals surface area contributed by atoms with Gasteiger partial charge in [-0.3, -0.25) is 10.1 Å². The van der Waals surface area contributed by atoms with E-state index in [0.29, 0.717) is 15.3 Å². The van der Waals surface area contributed by atoms with Crippen LogP contribution in [-0.4, -0.2) is 15.9 Å². The van der Waals surface area contributed by atoms with Gasteiger partial charge in [-0.15, -0.1) is 11.3 Å². The SMILES string of the molecule is Cc1cnc(NC(=O)c2cccnc2Br)s1. The van der Waals surface area contributed by atoms with Gasteiger partial charge in [-0.1, -0.05) is 0 Å². The molecular formula is C10H8BrN3OS. The summed E-state index contributed by atoms with van der Waals surface area (Å²) in [5, 5.41) is 3.31. The molecule has 0 fully saturated rings. The summed E-state index contributed by atoms with van der Waals surface area (Å²) in [6, 6.07) is 3.42. The van der Waals surface area contributed by atoms with Crippen molar-refractivity contribution >= 4 is 38.3 Å². The molecular weight excluding hydrogens is 290 g/mol. The fourth-order valence-electron chi connectivity index (χ4n) is 1.13. The van der Waals surface area contributed by atoms with Crippen LogP contribution >= 0.6 is 27.3 Å². The molecule has 0 atom stereocenters. The molecule has 0 saturated heterocycles. The van der Waals surface area contributed by atoms with E-state index < -0.39 is 0 Å². The third-order valence-corrected chi connectivity index (χ3v) is 3.31. The van der Waals surface area contributed by atoms with Crippen molar-refractivity contribution in [2.24, 2.45) is 0 Å². The minimum atomic E-state index is -0.214. The zero-order chi connectivity index (χ0) is 11.5. The molecule has 2 rings (SSSR count). The van der Waals surface area contributed by atoms with Gasteiger partial charge in [-0.25, -0.2) is 9.97 Å². The maximum absolute atomic E-state index is 11.8. The Hall–Kier alpha value is -1.27. The molecule has 0 saturated carbocycles. The highest BCUT2D eigenvalue weighted by atomic mass is 79.9. The largest absolute Gasteiger partial charge is 0.298 e. The predicted molar refractivity (Wildman–Crippen MR) is 66.7 cm³/mol. The number of pyridine rings is 1. The van der Waals surface area contributed by atoms with Crippen molar-refractivity contribution in [3.8, 4) is 0 Å². The van der Waals surface area contributed by atoms with E-state index in [2.05, 4.69) is 31.2 Å². The zero-order valence-corrected chi connectivity index (χ0v) is 10.8. The molecule has 0 bridgehead atoms. The molecule has 0 aliphatic heterocycles. The molecule has 0 radical (unpaired) electrons. The van der Waals surface area contributed by atoms with Gasteiger partial charge < -0.3 is 0 Å². The molecule has 0 aliphatic carbocycles. The number of aromatic nitrogens is 2. The van der Waals surface area contributed by atoms with Crippen LogP contribution in [0.3, 0.4) is 0 Å². The summed E-state index contributed by atoms with van der Waals surface area (Å²) in [4.78, 5) is 20.9. The van der Waals surface area contributed by atoms with Crippen LogP contribution < -0.4 is 5.32 Å². The highest BCUT2D eigenvalue weighted by Gasteiger charge is 2.11. The Morgan fingerprint density at radius 1 is 1.50 bits per heavy atom. The summed E-state index contributed by atoms with van der Waals surface area (Å²) in [6.45, 7) is 1.94. The zero-order valence-electron chi connectivity index (χ0n) is 8.40. The smallest absolute Gasteiger partial charge is 0.260 e.